The van der Waals surface area contributed by atoms with Crippen LogP contribution in [0.2, 0.25) is 0 Å². The lowest BCUT2D eigenvalue weighted by Gasteiger charge is -2.18. The van der Waals surface area contributed by atoms with Gasteiger partial charge in [-0.05, 0) is 29.8 Å². The van der Waals surface area contributed by atoms with Crippen LogP contribution in [0.15, 0.2) is 36.4 Å². The summed E-state index contributed by atoms with van der Waals surface area (Å²) in [4.78, 5) is 13.4. The number of halogens is 3. The normalized spacial score (nSPS) is 10.4. The quantitative estimate of drug-likeness (QED) is 0.866. The van der Waals surface area contributed by atoms with E-state index in [4.69, 9.17) is 4.74 Å². The van der Waals surface area contributed by atoms with Crippen molar-refractivity contribution in [2.75, 3.05) is 14.2 Å². The maximum absolute atomic E-state index is 13.6. The largest absolute Gasteiger partial charge is 0.494 e. The van der Waals surface area contributed by atoms with E-state index in [1.54, 1.807) is 6.07 Å². The molecule has 0 N–H and O–H groups in total. The van der Waals surface area contributed by atoms with Gasteiger partial charge in [0.25, 0.3) is 5.91 Å². The van der Waals surface area contributed by atoms with Gasteiger partial charge >= 0.3 is 0 Å². The van der Waals surface area contributed by atoms with Gasteiger partial charge in [-0.1, -0.05) is 6.07 Å². The average molecular weight is 309 g/mol. The Hall–Kier alpha value is -2.50. The lowest BCUT2D eigenvalue weighted by atomic mass is 10.1. The highest BCUT2D eigenvalue weighted by atomic mass is 19.1. The molecule has 2 rings (SSSR count). The fraction of sp³-hybridized carbons (Fsp3) is 0.188. The molecule has 6 heteroatoms. The van der Waals surface area contributed by atoms with Crippen molar-refractivity contribution in [3.05, 3.63) is 65.0 Å². The molecular weight excluding hydrogens is 295 g/mol. The molecule has 0 saturated heterocycles. The summed E-state index contributed by atoms with van der Waals surface area (Å²) < 4.78 is 44.7. The molecule has 0 fully saturated rings. The molecule has 0 saturated carbocycles. The molecule has 0 radical (unpaired) electrons. The minimum Gasteiger partial charge on any atom is -0.494 e. The zero-order valence-corrected chi connectivity index (χ0v) is 12.1. The van der Waals surface area contributed by atoms with Crippen LogP contribution < -0.4 is 4.74 Å². The first-order valence-corrected chi connectivity index (χ1v) is 6.44. The van der Waals surface area contributed by atoms with E-state index >= 15 is 0 Å². The molecule has 3 nitrogen and oxygen atoms in total. The zero-order chi connectivity index (χ0) is 16.3. The van der Waals surface area contributed by atoms with Crippen LogP contribution in [0.3, 0.4) is 0 Å². The number of ether oxygens (including phenoxy) is 1. The smallest absolute Gasteiger partial charge is 0.254 e. The lowest BCUT2D eigenvalue weighted by Crippen LogP contribution is -2.26. The first-order valence-electron chi connectivity index (χ1n) is 6.44. The fourth-order valence-electron chi connectivity index (χ4n) is 2.05. The molecule has 0 bridgehead atoms. The number of amides is 1. The minimum absolute atomic E-state index is 0.0951. The first-order chi connectivity index (χ1) is 10.4. The van der Waals surface area contributed by atoms with E-state index in [-0.39, 0.29) is 17.9 Å². The topological polar surface area (TPSA) is 29.5 Å². The van der Waals surface area contributed by atoms with Gasteiger partial charge in [-0.25, -0.2) is 13.2 Å². The Bertz CT molecular complexity index is 684. The molecule has 0 aliphatic heterocycles. The SMILES string of the molecule is COc1ccc(CN(C)C(=O)c2cc(F)cc(F)c2)cc1F. The van der Waals surface area contributed by atoms with E-state index < -0.39 is 23.4 Å². The molecule has 0 aliphatic rings. The van der Waals surface area contributed by atoms with Crippen molar-refractivity contribution in [1.82, 2.24) is 4.90 Å². The Morgan fingerprint density at radius 2 is 1.73 bits per heavy atom. The summed E-state index contributed by atoms with van der Waals surface area (Å²) in [6.45, 7) is 0.0951. The van der Waals surface area contributed by atoms with Crippen molar-refractivity contribution in [2.45, 2.75) is 6.54 Å². The molecule has 0 unspecified atom stereocenters. The van der Waals surface area contributed by atoms with Crippen molar-refractivity contribution in [2.24, 2.45) is 0 Å². The molecule has 0 heterocycles. The standard InChI is InChI=1S/C16H14F3NO2/c1-20(9-10-3-4-15(22-2)14(19)5-10)16(21)11-6-12(17)8-13(18)7-11/h3-8H,9H2,1-2H3. The predicted octanol–water partition coefficient (Wildman–Crippen LogP) is 3.38. The molecule has 22 heavy (non-hydrogen) atoms. The van der Waals surface area contributed by atoms with Gasteiger partial charge in [-0.3, -0.25) is 4.79 Å². The predicted molar refractivity (Wildman–Crippen MR) is 75.1 cm³/mol. The summed E-state index contributed by atoms with van der Waals surface area (Å²) in [5, 5.41) is 0. The number of carbonyl (C=O) groups is 1. The Balaban J connectivity index is 2.16. The van der Waals surface area contributed by atoms with Gasteiger partial charge in [-0.2, -0.15) is 0 Å². The van der Waals surface area contributed by atoms with Gasteiger partial charge in [0.15, 0.2) is 11.6 Å². The van der Waals surface area contributed by atoms with Gasteiger partial charge in [0.1, 0.15) is 11.6 Å². The highest BCUT2D eigenvalue weighted by Crippen LogP contribution is 2.19. The van der Waals surface area contributed by atoms with Crippen LogP contribution in [-0.4, -0.2) is 25.0 Å². The van der Waals surface area contributed by atoms with Crippen molar-refractivity contribution >= 4 is 5.91 Å². The summed E-state index contributed by atoms with van der Waals surface area (Å²) in [7, 11) is 2.82. The number of nitrogens with zero attached hydrogens (tertiary/aromatic N) is 1. The minimum atomic E-state index is -0.827. The van der Waals surface area contributed by atoms with Crippen molar-refractivity contribution in [1.29, 1.82) is 0 Å². The molecule has 1 amide bonds. The third-order valence-corrected chi connectivity index (χ3v) is 3.09. The number of hydrogen-bond acceptors (Lipinski definition) is 2. The summed E-state index contributed by atoms with van der Waals surface area (Å²) in [6, 6.07) is 6.90. The third-order valence-electron chi connectivity index (χ3n) is 3.09. The molecular formula is C16H14F3NO2. The van der Waals surface area contributed by atoms with E-state index in [1.165, 1.54) is 31.2 Å². The molecule has 0 atom stereocenters. The van der Waals surface area contributed by atoms with Gasteiger partial charge in [0.05, 0.1) is 7.11 Å². The monoisotopic (exact) mass is 309 g/mol. The highest BCUT2D eigenvalue weighted by molar-refractivity contribution is 5.94. The highest BCUT2D eigenvalue weighted by Gasteiger charge is 2.15. The van der Waals surface area contributed by atoms with E-state index in [0.29, 0.717) is 11.6 Å². The number of methoxy groups -OCH3 is 1. The Morgan fingerprint density at radius 3 is 2.27 bits per heavy atom. The second-order valence-corrected chi connectivity index (χ2v) is 4.79. The number of rotatable bonds is 4. The summed E-state index contributed by atoms with van der Waals surface area (Å²) in [5.41, 5.74) is 0.431. The Morgan fingerprint density at radius 1 is 1.09 bits per heavy atom. The van der Waals surface area contributed by atoms with Crippen molar-refractivity contribution in [3.8, 4) is 5.75 Å². The van der Waals surface area contributed by atoms with Crippen LogP contribution in [0, 0.1) is 17.5 Å². The average Bonchev–Trinajstić information content (AvgIpc) is 2.45. The summed E-state index contributed by atoms with van der Waals surface area (Å²) in [5.74, 6) is -2.66. The second kappa shape index (κ2) is 6.51. The van der Waals surface area contributed by atoms with Gasteiger partial charge in [0.2, 0.25) is 0 Å². The van der Waals surface area contributed by atoms with Crippen LogP contribution in [0.25, 0.3) is 0 Å². The number of benzene rings is 2. The maximum atomic E-state index is 13.6. The van der Waals surface area contributed by atoms with E-state index in [1.807, 2.05) is 0 Å². The Labute approximate surface area is 125 Å². The van der Waals surface area contributed by atoms with Gasteiger partial charge in [-0.15, -0.1) is 0 Å². The number of hydrogen-bond donors (Lipinski definition) is 0. The van der Waals surface area contributed by atoms with Gasteiger partial charge in [0, 0.05) is 25.2 Å². The van der Waals surface area contributed by atoms with E-state index in [2.05, 4.69) is 0 Å². The van der Waals surface area contributed by atoms with Crippen LogP contribution in [-0.2, 0) is 6.54 Å². The molecule has 2 aromatic carbocycles. The van der Waals surface area contributed by atoms with Crippen LogP contribution >= 0.6 is 0 Å². The van der Waals surface area contributed by atoms with Crippen LogP contribution in [0.1, 0.15) is 15.9 Å². The van der Waals surface area contributed by atoms with E-state index in [9.17, 15) is 18.0 Å². The van der Waals surface area contributed by atoms with Crippen LogP contribution in [0.4, 0.5) is 13.2 Å². The zero-order valence-electron chi connectivity index (χ0n) is 12.1. The third kappa shape index (κ3) is 3.58. The second-order valence-electron chi connectivity index (χ2n) is 4.79. The molecule has 2 aromatic rings. The Kier molecular flexibility index (Phi) is 4.70. The first kappa shape index (κ1) is 15.9. The fourth-order valence-corrected chi connectivity index (χ4v) is 2.05. The molecule has 0 aromatic heterocycles. The molecule has 0 spiro atoms. The maximum Gasteiger partial charge on any atom is 0.254 e. The summed E-state index contributed by atoms with van der Waals surface area (Å²) >= 11 is 0. The lowest BCUT2D eigenvalue weighted by molar-refractivity contribution is 0.0784. The molecule has 116 valence electrons. The molecule has 0 aliphatic carbocycles. The van der Waals surface area contributed by atoms with Crippen molar-refractivity contribution < 1.29 is 22.7 Å². The van der Waals surface area contributed by atoms with E-state index in [0.717, 1.165) is 12.1 Å². The van der Waals surface area contributed by atoms with Crippen LogP contribution in [0.5, 0.6) is 5.75 Å². The van der Waals surface area contributed by atoms with Crippen molar-refractivity contribution in [3.63, 3.8) is 0 Å². The van der Waals surface area contributed by atoms with Gasteiger partial charge < -0.3 is 9.64 Å². The number of carbonyl (C=O) groups excluding carboxylic acids is 1. The summed E-state index contributed by atoms with van der Waals surface area (Å²) in [6.07, 6.45) is 0.